The summed E-state index contributed by atoms with van der Waals surface area (Å²) in [6.07, 6.45) is -0.232. The molecule has 0 aliphatic carbocycles. The van der Waals surface area contributed by atoms with Crippen molar-refractivity contribution in [2.75, 3.05) is 11.4 Å². The van der Waals surface area contributed by atoms with Crippen LogP contribution in [0.15, 0.2) is 42.6 Å². The first-order valence-electron chi connectivity index (χ1n) is 9.07. The second-order valence-electron chi connectivity index (χ2n) is 7.95. The summed E-state index contributed by atoms with van der Waals surface area (Å²) in [5, 5.41) is 0. The molecule has 0 saturated carbocycles. The standard InChI is InChI=1S/C21H25F3N2/c1-20(2,3)16-11-9-15(10-12-16)18-8-4-5-14-26(18)19-17(21(22,23)24)7-6-13-25-19/h6-7,9-13,18H,4-5,8,14H2,1-3H3. The largest absolute Gasteiger partial charge is 0.419 e. The smallest absolute Gasteiger partial charge is 0.349 e. The molecule has 2 nitrogen and oxygen atoms in total. The molecule has 1 aromatic heterocycles. The van der Waals surface area contributed by atoms with E-state index in [4.69, 9.17) is 0 Å². The van der Waals surface area contributed by atoms with Gasteiger partial charge in [0.1, 0.15) is 5.82 Å². The Bertz CT molecular complexity index is 745. The van der Waals surface area contributed by atoms with Crippen LogP contribution in [0, 0.1) is 0 Å². The van der Waals surface area contributed by atoms with Gasteiger partial charge in [-0.2, -0.15) is 13.2 Å². The lowest BCUT2D eigenvalue weighted by Crippen LogP contribution is -2.35. The Balaban J connectivity index is 1.97. The zero-order valence-corrected chi connectivity index (χ0v) is 15.5. The lowest BCUT2D eigenvalue weighted by atomic mass is 9.85. The highest BCUT2D eigenvalue weighted by atomic mass is 19.4. The number of hydrogen-bond donors (Lipinski definition) is 0. The van der Waals surface area contributed by atoms with Crippen molar-refractivity contribution < 1.29 is 13.2 Å². The second kappa shape index (κ2) is 6.93. The molecule has 5 heteroatoms. The van der Waals surface area contributed by atoms with Crippen LogP contribution >= 0.6 is 0 Å². The van der Waals surface area contributed by atoms with Crippen molar-refractivity contribution in [3.05, 3.63) is 59.3 Å². The SMILES string of the molecule is CC(C)(C)c1ccc(C2CCCCN2c2ncccc2C(F)(F)F)cc1. The third-order valence-electron chi connectivity index (χ3n) is 5.03. The summed E-state index contributed by atoms with van der Waals surface area (Å²) in [7, 11) is 0. The number of aromatic nitrogens is 1. The van der Waals surface area contributed by atoms with E-state index in [-0.39, 0.29) is 17.3 Å². The minimum absolute atomic E-state index is 0.0459. The Hall–Kier alpha value is -2.04. The van der Waals surface area contributed by atoms with Crippen LogP contribution in [0.1, 0.15) is 62.8 Å². The topological polar surface area (TPSA) is 16.1 Å². The number of anilines is 1. The maximum Gasteiger partial charge on any atom is 0.419 e. The number of nitrogens with zero attached hydrogens (tertiary/aromatic N) is 2. The predicted octanol–water partition coefficient (Wildman–Crippen LogP) is 6.13. The van der Waals surface area contributed by atoms with E-state index in [2.05, 4.69) is 50.0 Å². The minimum atomic E-state index is -4.40. The third kappa shape index (κ3) is 3.87. The third-order valence-corrected chi connectivity index (χ3v) is 5.03. The summed E-state index contributed by atoms with van der Waals surface area (Å²) in [5.74, 6) is 0.0459. The van der Waals surface area contributed by atoms with E-state index in [1.165, 1.54) is 17.8 Å². The van der Waals surface area contributed by atoms with Crippen molar-refractivity contribution in [2.24, 2.45) is 0 Å². The highest BCUT2D eigenvalue weighted by Gasteiger charge is 2.37. The minimum Gasteiger partial charge on any atom is -0.349 e. The predicted molar refractivity (Wildman–Crippen MR) is 98.3 cm³/mol. The average molecular weight is 362 g/mol. The quantitative estimate of drug-likeness (QED) is 0.639. The number of benzene rings is 1. The fourth-order valence-corrected chi connectivity index (χ4v) is 3.58. The molecule has 3 rings (SSSR count). The molecule has 2 aromatic rings. The van der Waals surface area contributed by atoms with Crippen LogP contribution < -0.4 is 4.90 Å². The van der Waals surface area contributed by atoms with Crippen LogP contribution in [0.2, 0.25) is 0 Å². The van der Waals surface area contributed by atoms with Gasteiger partial charge in [-0.05, 0) is 47.9 Å². The van der Waals surface area contributed by atoms with Gasteiger partial charge < -0.3 is 4.90 Å². The van der Waals surface area contributed by atoms with Crippen LogP contribution in [-0.4, -0.2) is 11.5 Å². The Morgan fingerprint density at radius 2 is 1.69 bits per heavy atom. The Morgan fingerprint density at radius 3 is 2.31 bits per heavy atom. The van der Waals surface area contributed by atoms with E-state index in [1.807, 2.05) is 4.90 Å². The number of halogens is 3. The Morgan fingerprint density at radius 1 is 1.00 bits per heavy atom. The molecule has 1 aliphatic heterocycles. The summed E-state index contributed by atoms with van der Waals surface area (Å²) in [4.78, 5) is 5.94. The number of pyridine rings is 1. The average Bonchev–Trinajstić information content (AvgIpc) is 2.60. The number of piperidine rings is 1. The zero-order chi connectivity index (χ0) is 18.9. The van der Waals surface area contributed by atoms with E-state index in [1.54, 1.807) is 0 Å². The summed E-state index contributed by atoms with van der Waals surface area (Å²) < 4.78 is 40.4. The van der Waals surface area contributed by atoms with Gasteiger partial charge in [-0.3, -0.25) is 0 Å². The molecule has 26 heavy (non-hydrogen) atoms. The van der Waals surface area contributed by atoms with Gasteiger partial charge in [0, 0.05) is 12.7 Å². The van der Waals surface area contributed by atoms with Crippen molar-refractivity contribution in [2.45, 2.75) is 57.7 Å². The van der Waals surface area contributed by atoms with Crippen LogP contribution in [0.25, 0.3) is 0 Å². The fraction of sp³-hybridized carbons (Fsp3) is 0.476. The van der Waals surface area contributed by atoms with Gasteiger partial charge in [0.05, 0.1) is 11.6 Å². The van der Waals surface area contributed by atoms with E-state index in [9.17, 15) is 13.2 Å². The maximum atomic E-state index is 13.5. The first-order chi connectivity index (χ1) is 12.2. The summed E-state index contributed by atoms with van der Waals surface area (Å²) in [6.45, 7) is 7.04. The first-order valence-corrected chi connectivity index (χ1v) is 9.07. The summed E-state index contributed by atoms with van der Waals surface area (Å²) in [5.41, 5.74) is 1.67. The van der Waals surface area contributed by atoms with Crippen molar-refractivity contribution in [3.8, 4) is 0 Å². The first kappa shape index (κ1) is 18.7. The molecule has 1 fully saturated rings. The van der Waals surface area contributed by atoms with Gasteiger partial charge in [0.25, 0.3) is 0 Å². The van der Waals surface area contributed by atoms with E-state index in [0.29, 0.717) is 6.54 Å². The molecule has 140 valence electrons. The monoisotopic (exact) mass is 362 g/mol. The van der Waals surface area contributed by atoms with E-state index >= 15 is 0 Å². The lowest BCUT2D eigenvalue weighted by Gasteiger charge is -2.38. The van der Waals surface area contributed by atoms with E-state index in [0.717, 1.165) is 30.9 Å². The molecule has 1 aliphatic rings. The van der Waals surface area contributed by atoms with Gasteiger partial charge in [0.15, 0.2) is 0 Å². The molecular weight excluding hydrogens is 337 g/mol. The zero-order valence-electron chi connectivity index (χ0n) is 15.5. The molecule has 0 bridgehead atoms. The van der Waals surface area contributed by atoms with Crippen molar-refractivity contribution in [1.29, 1.82) is 0 Å². The van der Waals surface area contributed by atoms with Gasteiger partial charge >= 0.3 is 6.18 Å². The van der Waals surface area contributed by atoms with Crippen molar-refractivity contribution >= 4 is 5.82 Å². The molecule has 1 saturated heterocycles. The summed E-state index contributed by atoms with van der Waals surface area (Å²) in [6, 6.07) is 10.7. The lowest BCUT2D eigenvalue weighted by molar-refractivity contribution is -0.137. The van der Waals surface area contributed by atoms with Crippen LogP contribution in [0.5, 0.6) is 0 Å². The van der Waals surface area contributed by atoms with Gasteiger partial charge in [0.2, 0.25) is 0 Å². The normalized spacial score (nSPS) is 18.8. The number of rotatable bonds is 2. The molecule has 0 N–H and O–H groups in total. The molecule has 1 unspecified atom stereocenters. The van der Waals surface area contributed by atoms with Crippen LogP contribution in [-0.2, 0) is 11.6 Å². The Kier molecular flexibility index (Phi) is 5.00. The van der Waals surface area contributed by atoms with E-state index < -0.39 is 11.7 Å². The maximum absolute atomic E-state index is 13.5. The molecule has 0 amide bonds. The molecule has 2 heterocycles. The van der Waals surface area contributed by atoms with Gasteiger partial charge in [-0.1, -0.05) is 45.0 Å². The summed E-state index contributed by atoms with van der Waals surface area (Å²) >= 11 is 0. The number of hydrogen-bond acceptors (Lipinski definition) is 2. The van der Waals surface area contributed by atoms with Gasteiger partial charge in [-0.25, -0.2) is 4.98 Å². The molecule has 0 spiro atoms. The number of alkyl halides is 3. The Labute approximate surface area is 153 Å². The molecular formula is C21H25F3N2. The van der Waals surface area contributed by atoms with Crippen LogP contribution in [0.4, 0.5) is 19.0 Å². The second-order valence-corrected chi connectivity index (χ2v) is 7.95. The fourth-order valence-electron chi connectivity index (χ4n) is 3.58. The molecule has 1 aromatic carbocycles. The van der Waals surface area contributed by atoms with Gasteiger partial charge in [-0.15, -0.1) is 0 Å². The highest BCUT2D eigenvalue weighted by molar-refractivity contribution is 5.51. The van der Waals surface area contributed by atoms with Crippen molar-refractivity contribution in [3.63, 3.8) is 0 Å². The molecule has 1 atom stereocenters. The van der Waals surface area contributed by atoms with Crippen LogP contribution in [0.3, 0.4) is 0 Å². The highest BCUT2D eigenvalue weighted by Crippen LogP contribution is 2.41. The molecule has 0 radical (unpaired) electrons. The van der Waals surface area contributed by atoms with Crippen molar-refractivity contribution in [1.82, 2.24) is 4.98 Å².